The molecule has 0 unspecified atom stereocenters. The fourth-order valence-corrected chi connectivity index (χ4v) is 1.82. The van der Waals surface area contributed by atoms with Gasteiger partial charge in [0, 0.05) is 5.69 Å². The van der Waals surface area contributed by atoms with Gasteiger partial charge in [-0.2, -0.15) is 0 Å². The van der Waals surface area contributed by atoms with Crippen molar-refractivity contribution in [2.75, 3.05) is 5.73 Å². The number of esters is 1. The van der Waals surface area contributed by atoms with E-state index >= 15 is 0 Å². The van der Waals surface area contributed by atoms with E-state index in [0.29, 0.717) is 11.3 Å². The number of carbonyl (C=O) groups excluding carboxylic acids is 1. The Balaban J connectivity index is 2.06. The van der Waals surface area contributed by atoms with E-state index in [1.165, 1.54) is 12.1 Å². The fraction of sp³-hybridized carbons (Fsp3) is 0.188. The topological polar surface area (TPSA) is 52.3 Å². The molecule has 2 rings (SSSR count). The Kier molecular flexibility index (Phi) is 4.03. The minimum atomic E-state index is -0.444. The maximum Gasteiger partial charge on any atom is 0.338 e. The Morgan fingerprint density at radius 3 is 2.55 bits per heavy atom. The van der Waals surface area contributed by atoms with E-state index in [1.54, 1.807) is 31.2 Å². The van der Waals surface area contributed by atoms with Gasteiger partial charge in [-0.3, -0.25) is 0 Å². The van der Waals surface area contributed by atoms with E-state index in [9.17, 15) is 9.18 Å². The Hall–Kier alpha value is -2.36. The average molecular weight is 273 g/mol. The molecule has 2 N–H and O–H groups in total. The number of ether oxygens (including phenoxy) is 1. The van der Waals surface area contributed by atoms with Crippen molar-refractivity contribution < 1.29 is 13.9 Å². The molecule has 3 nitrogen and oxygen atoms in total. The molecule has 0 bridgehead atoms. The molecule has 20 heavy (non-hydrogen) atoms. The standard InChI is InChI=1S/C16H16FNO2/c1-10-3-4-12(8-15(10)18)16(19)20-9-13-5-6-14(17)7-11(13)2/h3-8H,9,18H2,1-2H3. The summed E-state index contributed by atoms with van der Waals surface area (Å²) in [6.07, 6.45) is 0. The highest BCUT2D eigenvalue weighted by Gasteiger charge is 2.09. The first-order chi connectivity index (χ1) is 9.47. The van der Waals surface area contributed by atoms with Crippen molar-refractivity contribution in [3.05, 3.63) is 64.5 Å². The van der Waals surface area contributed by atoms with Crippen molar-refractivity contribution in [3.8, 4) is 0 Å². The number of carbonyl (C=O) groups is 1. The van der Waals surface area contributed by atoms with E-state index in [1.807, 2.05) is 6.92 Å². The molecule has 0 fully saturated rings. The summed E-state index contributed by atoms with van der Waals surface area (Å²) in [7, 11) is 0. The molecule has 0 saturated carbocycles. The molecule has 0 saturated heterocycles. The van der Waals surface area contributed by atoms with Crippen molar-refractivity contribution in [1.29, 1.82) is 0 Å². The third kappa shape index (κ3) is 3.15. The fourth-order valence-electron chi connectivity index (χ4n) is 1.82. The number of rotatable bonds is 3. The van der Waals surface area contributed by atoms with Gasteiger partial charge in [-0.05, 0) is 54.8 Å². The van der Waals surface area contributed by atoms with Crippen LogP contribution < -0.4 is 5.73 Å². The normalized spacial score (nSPS) is 10.3. The summed E-state index contributed by atoms with van der Waals surface area (Å²) < 4.78 is 18.2. The minimum absolute atomic E-state index is 0.110. The molecule has 0 radical (unpaired) electrons. The number of halogens is 1. The molecule has 0 spiro atoms. The second kappa shape index (κ2) is 5.74. The first-order valence-corrected chi connectivity index (χ1v) is 6.25. The summed E-state index contributed by atoms with van der Waals surface area (Å²) in [5.41, 5.74) is 9.16. The lowest BCUT2D eigenvalue weighted by molar-refractivity contribution is 0.0472. The molecule has 0 heterocycles. The van der Waals surface area contributed by atoms with Crippen LogP contribution in [0.1, 0.15) is 27.0 Å². The lowest BCUT2D eigenvalue weighted by Gasteiger charge is -2.08. The zero-order chi connectivity index (χ0) is 14.7. The molecule has 0 aromatic heterocycles. The predicted octanol–water partition coefficient (Wildman–Crippen LogP) is 3.38. The Morgan fingerprint density at radius 2 is 1.90 bits per heavy atom. The van der Waals surface area contributed by atoms with Crippen LogP contribution in [-0.4, -0.2) is 5.97 Å². The largest absolute Gasteiger partial charge is 0.457 e. The highest BCUT2D eigenvalue weighted by molar-refractivity contribution is 5.90. The maximum atomic E-state index is 13.0. The third-order valence-electron chi connectivity index (χ3n) is 3.18. The number of hydrogen-bond donors (Lipinski definition) is 1. The van der Waals surface area contributed by atoms with E-state index in [0.717, 1.165) is 16.7 Å². The second-order valence-electron chi connectivity index (χ2n) is 4.72. The van der Waals surface area contributed by atoms with Gasteiger partial charge >= 0.3 is 5.97 Å². The van der Waals surface area contributed by atoms with Crippen LogP contribution in [0, 0.1) is 19.7 Å². The molecule has 0 amide bonds. The van der Waals surface area contributed by atoms with Crippen LogP contribution in [-0.2, 0) is 11.3 Å². The lowest BCUT2D eigenvalue weighted by atomic mass is 10.1. The van der Waals surface area contributed by atoms with Gasteiger partial charge in [0.05, 0.1) is 5.56 Å². The van der Waals surface area contributed by atoms with Gasteiger partial charge in [0.1, 0.15) is 12.4 Å². The summed E-state index contributed by atoms with van der Waals surface area (Å²) in [6.45, 7) is 3.75. The van der Waals surface area contributed by atoms with Crippen LogP contribution >= 0.6 is 0 Å². The van der Waals surface area contributed by atoms with Crippen molar-refractivity contribution in [2.45, 2.75) is 20.5 Å². The number of nitrogen functional groups attached to an aromatic ring is 1. The maximum absolute atomic E-state index is 13.0. The van der Waals surface area contributed by atoms with Crippen molar-refractivity contribution in [1.82, 2.24) is 0 Å². The lowest BCUT2D eigenvalue weighted by Crippen LogP contribution is -2.07. The van der Waals surface area contributed by atoms with E-state index < -0.39 is 5.97 Å². The Labute approximate surface area is 117 Å². The van der Waals surface area contributed by atoms with Crippen LogP contribution in [0.5, 0.6) is 0 Å². The first kappa shape index (κ1) is 14.1. The molecule has 2 aromatic rings. The van der Waals surface area contributed by atoms with Gasteiger partial charge in [-0.25, -0.2) is 9.18 Å². The van der Waals surface area contributed by atoms with Crippen LogP contribution in [0.4, 0.5) is 10.1 Å². The summed E-state index contributed by atoms with van der Waals surface area (Å²) in [5.74, 6) is -0.746. The summed E-state index contributed by atoms with van der Waals surface area (Å²) in [5, 5.41) is 0. The summed E-state index contributed by atoms with van der Waals surface area (Å²) in [4.78, 5) is 11.9. The van der Waals surface area contributed by atoms with E-state index in [2.05, 4.69) is 0 Å². The van der Waals surface area contributed by atoms with Crippen molar-refractivity contribution in [2.24, 2.45) is 0 Å². The Morgan fingerprint density at radius 1 is 1.15 bits per heavy atom. The highest BCUT2D eigenvalue weighted by atomic mass is 19.1. The van der Waals surface area contributed by atoms with Crippen LogP contribution in [0.15, 0.2) is 36.4 Å². The van der Waals surface area contributed by atoms with Gasteiger partial charge < -0.3 is 10.5 Å². The van der Waals surface area contributed by atoms with Crippen LogP contribution in [0.25, 0.3) is 0 Å². The van der Waals surface area contributed by atoms with Gasteiger partial charge in [0.25, 0.3) is 0 Å². The number of aryl methyl sites for hydroxylation is 2. The van der Waals surface area contributed by atoms with Gasteiger partial charge in [0.2, 0.25) is 0 Å². The Bertz CT molecular complexity index is 653. The molecule has 0 aliphatic rings. The summed E-state index contributed by atoms with van der Waals surface area (Å²) >= 11 is 0. The molecular formula is C16H16FNO2. The number of nitrogens with two attached hydrogens (primary N) is 1. The number of anilines is 1. The van der Waals surface area contributed by atoms with Gasteiger partial charge in [-0.15, -0.1) is 0 Å². The monoisotopic (exact) mass is 273 g/mol. The van der Waals surface area contributed by atoms with E-state index in [-0.39, 0.29) is 12.4 Å². The molecule has 2 aromatic carbocycles. The molecular weight excluding hydrogens is 257 g/mol. The third-order valence-corrected chi connectivity index (χ3v) is 3.18. The summed E-state index contributed by atoms with van der Waals surface area (Å²) in [6, 6.07) is 9.41. The van der Waals surface area contributed by atoms with Crippen molar-refractivity contribution in [3.63, 3.8) is 0 Å². The molecule has 4 heteroatoms. The second-order valence-corrected chi connectivity index (χ2v) is 4.72. The molecule has 0 aliphatic heterocycles. The van der Waals surface area contributed by atoms with Gasteiger partial charge in [0.15, 0.2) is 0 Å². The molecule has 0 aliphatic carbocycles. The molecule has 0 atom stereocenters. The SMILES string of the molecule is Cc1ccc(C(=O)OCc2ccc(F)cc2C)cc1N. The molecule has 104 valence electrons. The minimum Gasteiger partial charge on any atom is -0.457 e. The smallest absolute Gasteiger partial charge is 0.338 e. The zero-order valence-corrected chi connectivity index (χ0v) is 11.4. The highest BCUT2D eigenvalue weighted by Crippen LogP contribution is 2.16. The van der Waals surface area contributed by atoms with Crippen LogP contribution in [0.3, 0.4) is 0 Å². The predicted molar refractivity (Wildman–Crippen MR) is 75.8 cm³/mol. The van der Waals surface area contributed by atoms with Crippen molar-refractivity contribution >= 4 is 11.7 Å². The van der Waals surface area contributed by atoms with Crippen LogP contribution in [0.2, 0.25) is 0 Å². The number of benzene rings is 2. The number of hydrogen-bond acceptors (Lipinski definition) is 3. The quantitative estimate of drug-likeness (QED) is 0.689. The van der Waals surface area contributed by atoms with Gasteiger partial charge in [-0.1, -0.05) is 12.1 Å². The first-order valence-electron chi connectivity index (χ1n) is 6.25. The zero-order valence-electron chi connectivity index (χ0n) is 11.4. The average Bonchev–Trinajstić information content (AvgIpc) is 2.40. The van der Waals surface area contributed by atoms with E-state index in [4.69, 9.17) is 10.5 Å².